The van der Waals surface area contributed by atoms with Crippen LogP contribution < -0.4 is 10.6 Å². The maximum Gasteiger partial charge on any atom is 0.335 e. The maximum atomic E-state index is 13.7. The number of nitrogens with one attached hydrogen (secondary N) is 2. The van der Waals surface area contributed by atoms with E-state index in [-0.39, 0.29) is 30.1 Å². The second-order valence-corrected chi connectivity index (χ2v) is 7.91. The fourth-order valence-corrected chi connectivity index (χ4v) is 2.94. The Hall–Kier alpha value is -3.03. The number of hydrogen-bond donors (Lipinski definition) is 4. The Morgan fingerprint density at radius 3 is 2.26 bits per heavy atom. The fraction of sp³-hybridized carbons (Fsp3) is 0.231. The van der Waals surface area contributed by atoms with Gasteiger partial charge in [0.05, 0.1) is 12.1 Å². The summed E-state index contributed by atoms with van der Waals surface area (Å²) >= 11 is 10.1. The van der Waals surface area contributed by atoms with Crippen LogP contribution in [0.5, 0.6) is 0 Å². The average molecular weight is 505 g/mol. The van der Waals surface area contributed by atoms with E-state index in [0.717, 1.165) is 22.2 Å². The summed E-state index contributed by atoms with van der Waals surface area (Å²) in [4.78, 5) is 23.8. The number of aryl methyl sites for hydroxylation is 1. The lowest BCUT2D eigenvalue weighted by molar-refractivity contribution is -0.119. The molecule has 0 spiro atoms. The number of halogens is 2. The van der Waals surface area contributed by atoms with Gasteiger partial charge in [-0.25, -0.2) is 9.18 Å². The number of carboxylic acids is 1. The highest BCUT2D eigenvalue weighted by Crippen LogP contribution is 2.22. The van der Waals surface area contributed by atoms with E-state index in [1.165, 1.54) is 17.7 Å². The third kappa shape index (κ3) is 9.85. The number of carbonyl (C=O) groups is 2. The second-order valence-electron chi connectivity index (χ2n) is 6.99. The Kier molecular flexibility index (Phi) is 12.8. The van der Waals surface area contributed by atoms with Crippen molar-refractivity contribution in [1.82, 2.24) is 5.32 Å². The van der Waals surface area contributed by atoms with Gasteiger partial charge in [-0.2, -0.15) is 0 Å². The van der Waals surface area contributed by atoms with Crippen molar-refractivity contribution in [3.63, 3.8) is 0 Å². The molecule has 3 aromatic rings. The van der Waals surface area contributed by atoms with E-state index in [4.69, 9.17) is 16.7 Å². The number of amides is 1. The maximum absolute atomic E-state index is 13.7. The topological polar surface area (TPSA) is 78.4 Å². The average Bonchev–Trinajstić information content (AvgIpc) is 2.83. The molecule has 0 fully saturated rings. The SMILES string of the molecule is CC.Cc1c(Cl)cccc1NCC(=O)NCc1cc(C(=O)O)ccc1F.Cc1ccc(S)cc1. The van der Waals surface area contributed by atoms with Crippen molar-refractivity contribution in [2.75, 3.05) is 11.9 Å². The number of carbonyl (C=O) groups excluding carboxylic acids is 1. The normalized spacial score (nSPS) is 9.62. The van der Waals surface area contributed by atoms with Gasteiger partial charge in [0.2, 0.25) is 5.91 Å². The van der Waals surface area contributed by atoms with Gasteiger partial charge in [-0.15, -0.1) is 12.6 Å². The van der Waals surface area contributed by atoms with Gasteiger partial charge in [-0.05, 0) is 61.9 Å². The van der Waals surface area contributed by atoms with Gasteiger partial charge in [0.1, 0.15) is 5.82 Å². The van der Waals surface area contributed by atoms with Gasteiger partial charge < -0.3 is 15.7 Å². The van der Waals surface area contributed by atoms with Crippen molar-refractivity contribution in [3.8, 4) is 0 Å². The molecule has 182 valence electrons. The predicted octanol–water partition coefficient (Wildman–Crippen LogP) is 6.52. The van der Waals surface area contributed by atoms with Crippen molar-refractivity contribution in [2.24, 2.45) is 0 Å². The second kappa shape index (κ2) is 15.0. The van der Waals surface area contributed by atoms with E-state index in [9.17, 15) is 14.0 Å². The van der Waals surface area contributed by atoms with Crippen LogP contribution in [0, 0.1) is 19.7 Å². The molecule has 0 bridgehead atoms. The smallest absolute Gasteiger partial charge is 0.335 e. The summed E-state index contributed by atoms with van der Waals surface area (Å²) in [6.45, 7) is 7.78. The number of rotatable bonds is 6. The van der Waals surface area contributed by atoms with E-state index >= 15 is 0 Å². The molecular formula is C26H30ClFN2O3S. The van der Waals surface area contributed by atoms with Crippen LogP contribution in [0.15, 0.2) is 65.6 Å². The minimum absolute atomic E-state index is 0.0125. The standard InChI is InChI=1S/C17H16ClFN2O3.C7H8S.C2H6/c1-10-13(18)3-2-4-15(10)20-9-16(22)21-8-12-7-11(17(23)24)5-6-14(12)19;1-6-2-4-7(8)5-3-6;1-2/h2-7,20H,8-9H2,1H3,(H,21,22)(H,23,24);2-5,8H,1H3;1-2H3. The van der Waals surface area contributed by atoms with E-state index in [1.54, 1.807) is 18.2 Å². The van der Waals surface area contributed by atoms with Crippen molar-refractivity contribution in [1.29, 1.82) is 0 Å². The highest BCUT2D eigenvalue weighted by molar-refractivity contribution is 7.80. The van der Waals surface area contributed by atoms with Crippen LogP contribution in [0.1, 0.15) is 40.9 Å². The van der Waals surface area contributed by atoms with Crippen LogP contribution in [0.4, 0.5) is 10.1 Å². The molecule has 0 atom stereocenters. The first kappa shape index (κ1) is 29.0. The van der Waals surface area contributed by atoms with Crippen molar-refractivity contribution < 1.29 is 19.1 Å². The number of benzene rings is 3. The molecule has 0 unspecified atom stereocenters. The molecule has 0 aliphatic heterocycles. The number of aromatic carboxylic acids is 1. The molecule has 5 nitrogen and oxygen atoms in total. The minimum atomic E-state index is -1.15. The molecule has 3 N–H and O–H groups in total. The van der Waals surface area contributed by atoms with Crippen LogP contribution in [0.2, 0.25) is 5.02 Å². The van der Waals surface area contributed by atoms with E-state index in [1.807, 2.05) is 45.0 Å². The van der Waals surface area contributed by atoms with Gasteiger partial charge >= 0.3 is 5.97 Å². The molecule has 0 aromatic heterocycles. The molecule has 3 rings (SSSR count). The number of anilines is 1. The van der Waals surface area contributed by atoms with Crippen LogP contribution in [-0.2, 0) is 11.3 Å². The summed E-state index contributed by atoms with van der Waals surface area (Å²) < 4.78 is 13.7. The van der Waals surface area contributed by atoms with Crippen molar-refractivity contribution >= 4 is 41.8 Å². The Morgan fingerprint density at radius 1 is 1.03 bits per heavy atom. The Balaban J connectivity index is 0.000000483. The highest BCUT2D eigenvalue weighted by atomic mass is 35.5. The highest BCUT2D eigenvalue weighted by Gasteiger charge is 2.10. The third-order valence-corrected chi connectivity index (χ3v) is 5.22. The number of carboxylic acid groups (broad SMARTS) is 1. The van der Waals surface area contributed by atoms with Crippen molar-refractivity contribution in [2.45, 2.75) is 39.1 Å². The predicted molar refractivity (Wildman–Crippen MR) is 140 cm³/mol. The zero-order chi connectivity index (χ0) is 25.7. The van der Waals surface area contributed by atoms with Gasteiger partial charge in [0.15, 0.2) is 0 Å². The molecule has 1 amide bonds. The lowest BCUT2D eigenvalue weighted by Crippen LogP contribution is -2.30. The Bertz CT molecular complexity index is 1070. The zero-order valence-corrected chi connectivity index (χ0v) is 21.3. The zero-order valence-electron chi connectivity index (χ0n) is 19.7. The largest absolute Gasteiger partial charge is 0.478 e. The van der Waals surface area contributed by atoms with Gasteiger partial charge in [-0.3, -0.25) is 4.79 Å². The van der Waals surface area contributed by atoms with Crippen LogP contribution in [0.3, 0.4) is 0 Å². The quantitative estimate of drug-likeness (QED) is 0.288. The fourth-order valence-electron chi connectivity index (χ4n) is 2.62. The lowest BCUT2D eigenvalue weighted by atomic mass is 10.1. The molecule has 0 radical (unpaired) electrons. The van der Waals surface area contributed by atoms with Gasteiger partial charge in [0.25, 0.3) is 0 Å². The summed E-state index contributed by atoms with van der Waals surface area (Å²) in [5.74, 6) is -2.07. The monoisotopic (exact) mass is 504 g/mol. The first-order valence-electron chi connectivity index (χ1n) is 10.7. The molecule has 3 aromatic carbocycles. The van der Waals surface area contributed by atoms with E-state index in [2.05, 4.69) is 30.2 Å². The Labute approximate surface area is 210 Å². The molecular weight excluding hydrogens is 475 g/mol. The molecule has 8 heteroatoms. The van der Waals surface area contributed by atoms with Gasteiger partial charge in [0, 0.05) is 27.7 Å². The first-order chi connectivity index (χ1) is 16.2. The molecule has 0 saturated heterocycles. The molecule has 0 aliphatic carbocycles. The summed E-state index contributed by atoms with van der Waals surface area (Å²) in [7, 11) is 0. The summed E-state index contributed by atoms with van der Waals surface area (Å²) in [6.07, 6.45) is 0. The molecule has 34 heavy (non-hydrogen) atoms. The first-order valence-corrected chi connectivity index (χ1v) is 11.5. The summed E-state index contributed by atoms with van der Waals surface area (Å²) in [5, 5.41) is 15.0. The summed E-state index contributed by atoms with van der Waals surface area (Å²) in [5.41, 5.74) is 2.92. The Morgan fingerprint density at radius 2 is 1.68 bits per heavy atom. The number of thiol groups is 1. The minimum Gasteiger partial charge on any atom is -0.478 e. The third-order valence-electron chi connectivity index (χ3n) is 4.51. The number of hydrogen-bond acceptors (Lipinski definition) is 4. The van der Waals surface area contributed by atoms with Crippen LogP contribution in [0.25, 0.3) is 0 Å². The van der Waals surface area contributed by atoms with E-state index < -0.39 is 11.8 Å². The molecule has 0 aliphatic rings. The summed E-state index contributed by atoms with van der Waals surface area (Å²) in [6, 6.07) is 16.8. The van der Waals surface area contributed by atoms with Crippen LogP contribution in [-0.4, -0.2) is 23.5 Å². The van der Waals surface area contributed by atoms with Gasteiger partial charge in [-0.1, -0.05) is 49.2 Å². The lowest BCUT2D eigenvalue weighted by Gasteiger charge is -2.11. The molecule has 0 saturated carbocycles. The van der Waals surface area contributed by atoms with E-state index in [0.29, 0.717) is 5.02 Å². The van der Waals surface area contributed by atoms with Crippen molar-refractivity contribution in [3.05, 3.63) is 93.8 Å². The van der Waals surface area contributed by atoms with Crippen LogP contribution >= 0.6 is 24.2 Å². The molecule has 0 heterocycles.